The highest BCUT2D eigenvalue weighted by molar-refractivity contribution is 5.23. The van der Waals surface area contributed by atoms with Crippen molar-refractivity contribution >= 4 is 0 Å². The number of rotatable bonds is 6. The van der Waals surface area contributed by atoms with E-state index in [1.54, 1.807) is 12.4 Å². The minimum atomic E-state index is -0.562. The number of nitrogens with zero attached hydrogens (tertiary/aromatic N) is 1. The maximum absolute atomic E-state index is 13.8. The highest BCUT2D eigenvalue weighted by Crippen LogP contribution is 2.21. The van der Waals surface area contributed by atoms with Crippen molar-refractivity contribution in [3.8, 4) is 0 Å². The topological polar surface area (TPSA) is 40.7 Å². The quantitative estimate of drug-likeness (QED) is 0.843. The molecular weight excluding hydrogens is 248 g/mol. The molecular formula is C14H17F2N3. The Balaban J connectivity index is 2.20. The Morgan fingerprint density at radius 2 is 2.21 bits per heavy atom. The van der Waals surface area contributed by atoms with Crippen LogP contribution >= 0.6 is 0 Å². The fraction of sp³-hybridized carbons (Fsp3) is 0.357. The van der Waals surface area contributed by atoms with Crippen molar-refractivity contribution in [2.24, 2.45) is 0 Å². The Morgan fingerprint density at radius 1 is 1.37 bits per heavy atom. The zero-order chi connectivity index (χ0) is 13.7. The lowest BCUT2D eigenvalue weighted by atomic mass is 10.0. The molecule has 0 saturated heterocycles. The summed E-state index contributed by atoms with van der Waals surface area (Å²) in [6, 6.07) is 3.46. The molecule has 0 bridgehead atoms. The van der Waals surface area contributed by atoms with Gasteiger partial charge in [0.1, 0.15) is 17.5 Å². The van der Waals surface area contributed by atoms with Gasteiger partial charge in [-0.05, 0) is 19.0 Å². The van der Waals surface area contributed by atoms with Gasteiger partial charge < -0.3 is 10.3 Å². The van der Waals surface area contributed by atoms with E-state index in [1.807, 2.05) is 6.92 Å². The number of nitrogens with one attached hydrogen (secondary N) is 2. The Kier molecular flexibility index (Phi) is 4.63. The minimum absolute atomic E-state index is 0.216. The molecule has 5 heteroatoms. The molecule has 0 spiro atoms. The summed E-state index contributed by atoms with van der Waals surface area (Å²) in [6.07, 6.45) is 4.87. The fourth-order valence-corrected chi connectivity index (χ4v) is 2.00. The zero-order valence-electron chi connectivity index (χ0n) is 10.8. The van der Waals surface area contributed by atoms with Crippen LogP contribution < -0.4 is 5.32 Å². The maximum atomic E-state index is 13.8. The van der Waals surface area contributed by atoms with Crippen LogP contribution in [0.15, 0.2) is 30.6 Å². The molecule has 0 fully saturated rings. The number of imidazole rings is 1. The molecule has 1 heterocycles. The summed E-state index contributed by atoms with van der Waals surface area (Å²) in [5.74, 6) is -0.314. The highest BCUT2D eigenvalue weighted by atomic mass is 19.1. The van der Waals surface area contributed by atoms with E-state index in [0.717, 1.165) is 24.9 Å². The SMILES string of the molecule is CCCNC(Cc1ncc[nH]1)c1ccc(F)cc1F. The molecule has 1 aromatic carbocycles. The summed E-state index contributed by atoms with van der Waals surface area (Å²) in [6.45, 7) is 2.81. The average Bonchev–Trinajstić information content (AvgIpc) is 2.88. The monoisotopic (exact) mass is 265 g/mol. The molecule has 1 aromatic heterocycles. The van der Waals surface area contributed by atoms with E-state index in [2.05, 4.69) is 15.3 Å². The Morgan fingerprint density at radius 3 is 2.84 bits per heavy atom. The van der Waals surface area contributed by atoms with Gasteiger partial charge in [-0.25, -0.2) is 13.8 Å². The lowest BCUT2D eigenvalue weighted by molar-refractivity contribution is 0.485. The second-order valence-corrected chi connectivity index (χ2v) is 4.41. The van der Waals surface area contributed by atoms with E-state index < -0.39 is 11.6 Å². The molecule has 0 aliphatic heterocycles. The van der Waals surface area contributed by atoms with Gasteiger partial charge in [-0.3, -0.25) is 0 Å². The van der Waals surface area contributed by atoms with Crippen molar-refractivity contribution in [2.45, 2.75) is 25.8 Å². The third-order valence-electron chi connectivity index (χ3n) is 2.93. The van der Waals surface area contributed by atoms with Crippen molar-refractivity contribution in [3.05, 3.63) is 53.6 Å². The van der Waals surface area contributed by atoms with E-state index in [0.29, 0.717) is 12.0 Å². The molecule has 2 aromatic rings. The molecule has 102 valence electrons. The van der Waals surface area contributed by atoms with Gasteiger partial charge in [-0.2, -0.15) is 0 Å². The van der Waals surface area contributed by atoms with Crippen molar-refractivity contribution < 1.29 is 8.78 Å². The molecule has 2 N–H and O–H groups in total. The number of benzene rings is 1. The molecule has 0 radical (unpaired) electrons. The summed E-state index contributed by atoms with van der Waals surface area (Å²) in [7, 11) is 0. The summed E-state index contributed by atoms with van der Waals surface area (Å²) < 4.78 is 26.8. The molecule has 3 nitrogen and oxygen atoms in total. The van der Waals surface area contributed by atoms with Crippen molar-refractivity contribution in [2.75, 3.05) is 6.54 Å². The van der Waals surface area contributed by atoms with Crippen LogP contribution in [0.3, 0.4) is 0 Å². The lowest BCUT2D eigenvalue weighted by Crippen LogP contribution is -2.25. The van der Waals surface area contributed by atoms with Crippen molar-refractivity contribution in [1.82, 2.24) is 15.3 Å². The van der Waals surface area contributed by atoms with Gasteiger partial charge in [0.05, 0.1) is 0 Å². The number of aromatic amines is 1. The highest BCUT2D eigenvalue weighted by Gasteiger charge is 2.17. The van der Waals surface area contributed by atoms with E-state index in [9.17, 15) is 8.78 Å². The molecule has 0 aliphatic carbocycles. The standard InChI is InChI=1S/C14H17F2N3/c1-2-5-17-13(9-14-18-6-7-19-14)11-4-3-10(15)8-12(11)16/h3-4,6-8,13,17H,2,5,9H2,1H3,(H,18,19). The van der Waals surface area contributed by atoms with Crippen LogP contribution in [-0.2, 0) is 6.42 Å². The second kappa shape index (κ2) is 6.43. The van der Waals surface area contributed by atoms with Gasteiger partial charge in [0.15, 0.2) is 0 Å². The van der Waals surface area contributed by atoms with Gasteiger partial charge >= 0.3 is 0 Å². The molecule has 1 unspecified atom stereocenters. The van der Waals surface area contributed by atoms with Crippen LogP contribution in [0.4, 0.5) is 8.78 Å². The Labute approximate surface area is 111 Å². The van der Waals surface area contributed by atoms with Crippen LogP contribution in [0.25, 0.3) is 0 Å². The first-order valence-corrected chi connectivity index (χ1v) is 6.37. The normalized spacial score (nSPS) is 12.6. The molecule has 2 rings (SSSR count). The van der Waals surface area contributed by atoms with Crippen LogP contribution in [0.1, 0.15) is 30.8 Å². The molecule has 19 heavy (non-hydrogen) atoms. The van der Waals surface area contributed by atoms with Gasteiger partial charge in [0.2, 0.25) is 0 Å². The number of aromatic nitrogens is 2. The summed E-state index contributed by atoms with van der Waals surface area (Å²) in [5.41, 5.74) is 0.464. The number of hydrogen-bond acceptors (Lipinski definition) is 2. The third kappa shape index (κ3) is 3.61. The molecule has 0 aliphatic rings. The first kappa shape index (κ1) is 13.7. The number of H-pyrrole nitrogens is 1. The van der Waals surface area contributed by atoms with Crippen LogP contribution in [-0.4, -0.2) is 16.5 Å². The summed E-state index contributed by atoms with van der Waals surface area (Å²) >= 11 is 0. The summed E-state index contributed by atoms with van der Waals surface area (Å²) in [5, 5.41) is 3.26. The van der Waals surface area contributed by atoms with E-state index >= 15 is 0 Å². The van der Waals surface area contributed by atoms with Gasteiger partial charge in [0, 0.05) is 36.5 Å². The van der Waals surface area contributed by atoms with Crippen LogP contribution in [0.2, 0.25) is 0 Å². The summed E-state index contributed by atoms with van der Waals surface area (Å²) in [4.78, 5) is 7.14. The molecule has 0 saturated carbocycles. The smallest absolute Gasteiger partial charge is 0.130 e. The van der Waals surface area contributed by atoms with Gasteiger partial charge in [-0.1, -0.05) is 13.0 Å². The first-order valence-electron chi connectivity index (χ1n) is 6.37. The number of halogens is 2. The Bertz CT molecular complexity index is 511. The third-order valence-corrected chi connectivity index (χ3v) is 2.93. The van der Waals surface area contributed by atoms with Gasteiger partial charge in [0.25, 0.3) is 0 Å². The minimum Gasteiger partial charge on any atom is -0.349 e. The van der Waals surface area contributed by atoms with E-state index in [1.165, 1.54) is 12.1 Å². The molecule has 1 atom stereocenters. The predicted molar refractivity (Wildman–Crippen MR) is 69.7 cm³/mol. The maximum Gasteiger partial charge on any atom is 0.130 e. The number of hydrogen-bond donors (Lipinski definition) is 2. The fourth-order valence-electron chi connectivity index (χ4n) is 2.00. The lowest BCUT2D eigenvalue weighted by Gasteiger charge is -2.18. The van der Waals surface area contributed by atoms with Crippen molar-refractivity contribution in [3.63, 3.8) is 0 Å². The van der Waals surface area contributed by atoms with Gasteiger partial charge in [-0.15, -0.1) is 0 Å². The van der Waals surface area contributed by atoms with Crippen LogP contribution in [0, 0.1) is 11.6 Å². The Hall–Kier alpha value is -1.75. The second-order valence-electron chi connectivity index (χ2n) is 4.41. The van der Waals surface area contributed by atoms with Crippen LogP contribution in [0.5, 0.6) is 0 Å². The average molecular weight is 265 g/mol. The molecule has 0 amide bonds. The van der Waals surface area contributed by atoms with Crippen molar-refractivity contribution in [1.29, 1.82) is 0 Å². The largest absolute Gasteiger partial charge is 0.349 e. The zero-order valence-corrected chi connectivity index (χ0v) is 10.8. The predicted octanol–water partition coefficient (Wildman–Crippen LogP) is 2.97. The van der Waals surface area contributed by atoms with E-state index in [-0.39, 0.29) is 6.04 Å². The first-order chi connectivity index (χ1) is 9.20. The van der Waals surface area contributed by atoms with E-state index in [4.69, 9.17) is 0 Å².